The quantitative estimate of drug-likeness (QED) is 0.765. The number of hydrogen-bond donors (Lipinski definition) is 1. The minimum atomic E-state index is -0.167. The maximum atomic E-state index is 11.9. The largest absolute Gasteiger partial charge is 0.378 e. The Morgan fingerprint density at radius 3 is 3.05 bits per heavy atom. The number of ether oxygens (including phenoxy) is 1. The highest BCUT2D eigenvalue weighted by Crippen LogP contribution is 2.19. The van der Waals surface area contributed by atoms with Crippen molar-refractivity contribution in [2.24, 2.45) is 0 Å². The van der Waals surface area contributed by atoms with Crippen molar-refractivity contribution in [2.45, 2.75) is 6.61 Å². The highest BCUT2D eigenvalue weighted by molar-refractivity contribution is 5.74. The van der Waals surface area contributed by atoms with E-state index in [1.165, 1.54) is 10.6 Å². The number of nitrogens with zero attached hydrogens (tertiary/aromatic N) is 3. The Balaban J connectivity index is 2.24. The lowest BCUT2D eigenvalue weighted by Crippen LogP contribution is -2.15. The standard InChI is InChI=1S/C13H12N4O2/c1-19-8-9-6-12(18)17-13(16-9)10(7-15-17)11-4-2-3-5-14-11/h2-7,15H,8H2,1H3. The first-order valence-electron chi connectivity index (χ1n) is 5.80. The van der Waals surface area contributed by atoms with Gasteiger partial charge in [0.25, 0.3) is 5.56 Å². The summed E-state index contributed by atoms with van der Waals surface area (Å²) in [6.07, 6.45) is 3.43. The van der Waals surface area contributed by atoms with Crippen LogP contribution in [0.15, 0.2) is 41.5 Å². The zero-order valence-corrected chi connectivity index (χ0v) is 10.3. The van der Waals surface area contributed by atoms with Gasteiger partial charge in [0.15, 0.2) is 5.65 Å². The summed E-state index contributed by atoms with van der Waals surface area (Å²) < 4.78 is 6.41. The summed E-state index contributed by atoms with van der Waals surface area (Å²) in [7, 11) is 1.57. The SMILES string of the molecule is COCc1cc(=O)n2[nH]cc(-c3ccccn3)c2n1. The van der Waals surface area contributed by atoms with E-state index in [1.54, 1.807) is 19.5 Å². The van der Waals surface area contributed by atoms with Crippen molar-refractivity contribution in [1.29, 1.82) is 0 Å². The van der Waals surface area contributed by atoms with Crippen molar-refractivity contribution in [3.05, 3.63) is 52.7 Å². The Bertz CT molecular complexity index is 761. The third kappa shape index (κ3) is 2.02. The molecule has 19 heavy (non-hydrogen) atoms. The van der Waals surface area contributed by atoms with E-state index >= 15 is 0 Å². The van der Waals surface area contributed by atoms with Gasteiger partial charge in [0.05, 0.1) is 23.6 Å². The number of aromatic amines is 1. The van der Waals surface area contributed by atoms with E-state index in [1.807, 2.05) is 18.2 Å². The van der Waals surface area contributed by atoms with Gasteiger partial charge in [0.2, 0.25) is 0 Å². The van der Waals surface area contributed by atoms with Crippen LogP contribution in [-0.2, 0) is 11.3 Å². The topological polar surface area (TPSA) is 72.3 Å². The van der Waals surface area contributed by atoms with Crippen molar-refractivity contribution in [3.8, 4) is 11.3 Å². The molecule has 0 spiro atoms. The molecule has 3 heterocycles. The summed E-state index contributed by atoms with van der Waals surface area (Å²) in [4.78, 5) is 20.6. The van der Waals surface area contributed by atoms with Crippen molar-refractivity contribution >= 4 is 5.65 Å². The highest BCUT2D eigenvalue weighted by atomic mass is 16.5. The minimum Gasteiger partial charge on any atom is -0.378 e. The van der Waals surface area contributed by atoms with Gasteiger partial charge in [-0.2, -0.15) is 0 Å². The first kappa shape index (κ1) is 11.6. The molecule has 3 aromatic heterocycles. The second-order valence-electron chi connectivity index (χ2n) is 4.08. The first-order valence-corrected chi connectivity index (χ1v) is 5.80. The van der Waals surface area contributed by atoms with Crippen LogP contribution < -0.4 is 5.56 Å². The lowest BCUT2D eigenvalue weighted by atomic mass is 10.2. The Hall–Kier alpha value is -2.47. The van der Waals surface area contributed by atoms with Crippen LogP contribution in [0.3, 0.4) is 0 Å². The van der Waals surface area contributed by atoms with E-state index in [2.05, 4.69) is 15.1 Å². The van der Waals surface area contributed by atoms with Crippen LogP contribution >= 0.6 is 0 Å². The van der Waals surface area contributed by atoms with E-state index < -0.39 is 0 Å². The smallest absolute Gasteiger partial charge is 0.272 e. The molecule has 0 aliphatic carbocycles. The molecule has 0 radical (unpaired) electrons. The summed E-state index contributed by atoms with van der Waals surface area (Å²) in [5.41, 5.74) is 2.54. The van der Waals surface area contributed by atoms with Crippen molar-refractivity contribution in [3.63, 3.8) is 0 Å². The fraction of sp³-hybridized carbons (Fsp3) is 0.154. The van der Waals surface area contributed by atoms with Crippen molar-refractivity contribution in [1.82, 2.24) is 19.6 Å². The molecule has 0 bridgehead atoms. The van der Waals surface area contributed by atoms with Crippen molar-refractivity contribution in [2.75, 3.05) is 7.11 Å². The number of methoxy groups -OCH3 is 1. The van der Waals surface area contributed by atoms with E-state index in [4.69, 9.17) is 4.74 Å². The Morgan fingerprint density at radius 1 is 1.42 bits per heavy atom. The van der Waals surface area contributed by atoms with Gasteiger partial charge in [0, 0.05) is 25.6 Å². The molecule has 0 aliphatic heterocycles. The highest BCUT2D eigenvalue weighted by Gasteiger charge is 2.11. The maximum absolute atomic E-state index is 11.9. The Morgan fingerprint density at radius 2 is 2.32 bits per heavy atom. The number of hydrogen-bond acceptors (Lipinski definition) is 4. The molecule has 0 atom stereocenters. The molecule has 0 aromatic carbocycles. The number of aromatic nitrogens is 4. The van der Waals surface area contributed by atoms with Crippen LogP contribution in [-0.4, -0.2) is 26.7 Å². The molecular formula is C13H12N4O2. The molecule has 0 saturated carbocycles. The summed E-state index contributed by atoms with van der Waals surface area (Å²) in [5.74, 6) is 0. The van der Waals surface area contributed by atoms with Crippen LogP contribution in [0.25, 0.3) is 16.9 Å². The van der Waals surface area contributed by atoms with Crippen LogP contribution in [0.4, 0.5) is 0 Å². The first-order chi connectivity index (χ1) is 9.29. The molecule has 0 unspecified atom stereocenters. The summed E-state index contributed by atoms with van der Waals surface area (Å²) in [5, 5.41) is 2.89. The van der Waals surface area contributed by atoms with Crippen LogP contribution in [0.1, 0.15) is 5.69 Å². The van der Waals surface area contributed by atoms with Gasteiger partial charge < -0.3 is 4.74 Å². The predicted molar refractivity (Wildman–Crippen MR) is 69.8 cm³/mol. The van der Waals surface area contributed by atoms with Gasteiger partial charge in [-0.1, -0.05) is 6.07 Å². The lowest BCUT2D eigenvalue weighted by molar-refractivity contribution is 0.181. The van der Waals surface area contributed by atoms with Gasteiger partial charge in [-0.05, 0) is 12.1 Å². The number of pyridine rings is 1. The number of rotatable bonds is 3. The van der Waals surface area contributed by atoms with E-state index in [0.29, 0.717) is 17.9 Å². The number of fused-ring (bicyclic) bond motifs is 1. The van der Waals surface area contributed by atoms with Gasteiger partial charge in [-0.25, -0.2) is 9.50 Å². The molecule has 0 aliphatic rings. The molecule has 96 valence electrons. The minimum absolute atomic E-state index is 0.167. The van der Waals surface area contributed by atoms with Gasteiger partial charge in [0.1, 0.15) is 0 Å². The zero-order valence-electron chi connectivity index (χ0n) is 10.3. The Kier molecular flexibility index (Phi) is 2.85. The lowest BCUT2D eigenvalue weighted by Gasteiger charge is -2.01. The van der Waals surface area contributed by atoms with Crippen LogP contribution in [0.2, 0.25) is 0 Å². The third-order valence-corrected chi connectivity index (χ3v) is 2.78. The summed E-state index contributed by atoms with van der Waals surface area (Å²) in [6.45, 7) is 0.304. The van der Waals surface area contributed by atoms with Crippen LogP contribution in [0.5, 0.6) is 0 Å². The van der Waals surface area contributed by atoms with Gasteiger partial charge in [-0.3, -0.25) is 14.9 Å². The third-order valence-electron chi connectivity index (χ3n) is 2.78. The second kappa shape index (κ2) is 4.66. The molecule has 0 fully saturated rings. The molecule has 3 rings (SSSR count). The molecule has 0 saturated heterocycles. The second-order valence-corrected chi connectivity index (χ2v) is 4.08. The maximum Gasteiger partial charge on any atom is 0.272 e. The molecule has 3 aromatic rings. The van der Waals surface area contributed by atoms with E-state index in [0.717, 1.165) is 11.3 Å². The molecule has 0 amide bonds. The fourth-order valence-corrected chi connectivity index (χ4v) is 1.96. The van der Waals surface area contributed by atoms with E-state index in [9.17, 15) is 4.79 Å². The predicted octanol–water partition coefficient (Wildman–Crippen LogP) is 1.23. The zero-order chi connectivity index (χ0) is 13.2. The molecule has 6 nitrogen and oxygen atoms in total. The average Bonchev–Trinajstić information content (AvgIpc) is 2.84. The molecule has 1 N–H and O–H groups in total. The van der Waals surface area contributed by atoms with Crippen LogP contribution in [0, 0.1) is 0 Å². The molecule has 6 heteroatoms. The number of H-pyrrole nitrogens is 1. The number of nitrogens with one attached hydrogen (secondary N) is 1. The van der Waals surface area contributed by atoms with Gasteiger partial charge in [-0.15, -0.1) is 0 Å². The van der Waals surface area contributed by atoms with Crippen molar-refractivity contribution < 1.29 is 4.74 Å². The fourth-order valence-electron chi connectivity index (χ4n) is 1.96. The summed E-state index contributed by atoms with van der Waals surface area (Å²) in [6, 6.07) is 7.06. The Labute approximate surface area is 108 Å². The van der Waals surface area contributed by atoms with Gasteiger partial charge >= 0.3 is 0 Å². The summed E-state index contributed by atoms with van der Waals surface area (Å²) >= 11 is 0. The molecular weight excluding hydrogens is 244 g/mol. The normalized spacial score (nSPS) is 11.0. The monoisotopic (exact) mass is 256 g/mol. The average molecular weight is 256 g/mol. The van der Waals surface area contributed by atoms with E-state index in [-0.39, 0.29) is 5.56 Å².